The lowest BCUT2D eigenvalue weighted by molar-refractivity contribution is 0.401. The zero-order valence-electron chi connectivity index (χ0n) is 11.4. The Balaban J connectivity index is 2.06. The summed E-state index contributed by atoms with van der Waals surface area (Å²) in [5, 5.41) is 3.50. The summed E-state index contributed by atoms with van der Waals surface area (Å²) in [6.45, 7) is 5.05. The van der Waals surface area contributed by atoms with Gasteiger partial charge in [-0.2, -0.15) is 0 Å². The maximum atomic E-state index is 5.93. The van der Waals surface area contributed by atoms with Crippen LogP contribution in [-0.4, -0.2) is 7.11 Å². The minimum atomic E-state index is 0.232. The van der Waals surface area contributed by atoms with E-state index in [0.29, 0.717) is 0 Å². The zero-order chi connectivity index (χ0) is 13.8. The van der Waals surface area contributed by atoms with Crippen molar-refractivity contribution in [3.05, 3.63) is 50.7 Å². The van der Waals surface area contributed by atoms with Gasteiger partial charge in [-0.15, -0.1) is 11.3 Å². The Morgan fingerprint density at radius 3 is 2.74 bits per heavy atom. The van der Waals surface area contributed by atoms with Crippen LogP contribution in [0.15, 0.2) is 30.3 Å². The van der Waals surface area contributed by atoms with Crippen LogP contribution in [0.1, 0.15) is 29.0 Å². The molecule has 2 nitrogen and oxygen atoms in total. The van der Waals surface area contributed by atoms with Gasteiger partial charge in [-0.1, -0.05) is 29.3 Å². The molecule has 1 atom stereocenters. The predicted octanol–water partition coefficient (Wildman–Crippen LogP) is 4.57. The molecule has 0 aliphatic heterocycles. The second-order valence-electron chi connectivity index (χ2n) is 4.55. The van der Waals surface area contributed by atoms with Crippen LogP contribution in [0.2, 0.25) is 4.34 Å². The topological polar surface area (TPSA) is 21.3 Å². The molecule has 0 saturated heterocycles. The van der Waals surface area contributed by atoms with Crippen molar-refractivity contribution in [3.8, 4) is 5.75 Å². The number of halogens is 1. The predicted molar refractivity (Wildman–Crippen MR) is 82.3 cm³/mol. The summed E-state index contributed by atoms with van der Waals surface area (Å²) in [7, 11) is 1.71. The van der Waals surface area contributed by atoms with E-state index in [1.807, 2.05) is 12.1 Å². The van der Waals surface area contributed by atoms with Crippen LogP contribution < -0.4 is 10.1 Å². The highest BCUT2D eigenvalue weighted by Crippen LogP contribution is 2.27. The van der Waals surface area contributed by atoms with E-state index < -0.39 is 0 Å². The first-order chi connectivity index (χ1) is 9.10. The van der Waals surface area contributed by atoms with Crippen LogP contribution in [0.3, 0.4) is 0 Å². The maximum absolute atomic E-state index is 5.93. The Morgan fingerprint density at radius 1 is 1.32 bits per heavy atom. The summed E-state index contributed by atoms with van der Waals surface area (Å²) in [5.41, 5.74) is 2.42. The molecular formula is C15H18ClNOS. The highest BCUT2D eigenvalue weighted by molar-refractivity contribution is 7.16. The average molecular weight is 296 g/mol. The van der Waals surface area contributed by atoms with Gasteiger partial charge in [-0.3, -0.25) is 0 Å². The Labute approximate surface area is 123 Å². The number of rotatable bonds is 5. The third kappa shape index (κ3) is 3.72. The van der Waals surface area contributed by atoms with Crippen LogP contribution in [-0.2, 0) is 6.54 Å². The molecule has 0 amide bonds. The zero-order valence-corrected chi connectivity index (χ0v) is 12.9. The average Bonchev–Trinajstić information content (AvgIpc) is 2.81. The van der Waals surface area contributed by atoms with Gasteiger partial charge in [-0.25, -0.2) is 0 Å². The summed E-state index contributed by atoms with van der Waals surface area (Å²) in [6, 6.07) is 10.5. The number of nitrogens with one attached hydrogen (secondary N) is 1. The Morgan fingerprint density at radius 2 is 2.11 bits per heavy atom. The maximum Gasteiger partial charge on any atom is 0.123 e. The largest absolute Gasteiger partial charge is 0.496 e. The molecule has 102 valence electrons. The summed E-state index contributed by atoms with van der Waals surface area (Å²) in [6.07, 6.45) is 0. The third-order valence-corrected chi connectivity index (χ3v) is 4.29. The van der Waals surface area contributed by atoms with Crippen molar-refractivity contribution >= 4 is 22.9 Å². The standard InChI is InChI=1S/C15H18ClNOS/c1-10-4-6-14(18-3)13(8-10)11(2)17-9-12-5-7-15(16)19-12/h4-8,11,17H,9H2,1-3H3. The fraction of sp³-hybridized carbons (Fsp3) is 0.333. The number of methoxy groups -OCH3 is 1. The van der Waals surface area contributed by atoms with E-state index in [2.05, 4.69) is 37.4 Å². The van der Waals surface area contributed by atoms with Gasteiger partial charge in [0.15, 0.2) is 0 Å². The number of hydrogen-bond donors (Lipinski definition) is 1. The molecule has 0 aliphatic rings. The Kier molecular flexibility index (Phi) is 4.86. The summed E-state index contributed by atoms with van der Waals surface area (Å²) >= 11 is 7.54. The molecule has 0 aliphatic carbocycles. The molecule has 4 heteroatoms. The van der Waals surface area contributed by atoms with E-state index in [-0.39, 0.29) is 6.04 Å². The van der Waals surface area contributed by atoms with Crippen LogP contribution in [0, 0.1) is 6.92 Å². The van der Waals surface area contributed by atoms with Crippen molar-refractivity contribution in [1.82, 2.24) is 5.32 Å². The fourth-order valence-corrected chi connectivity index (χ4v) is 3.04. The minimum absolute atomic E-state index is 0.232. The highest BCUT2D eigenvalue weighted by atomic mass is 35.5. The van der Waals surface area contributed by atoms with Crippen molar-refractivity contribution in [2.75, 3.05) is 7.11 Å². The molecule has 0 radical (unpaired) electrons. The number of benzene rings is 1. The number of hydrogen-bond acceptors (Lipinski definition) is 3. The highest BCUT2D eigenvalue weighted by Gasteiger charge is 2.11. The van der Waals surface area contributed by atoms with Crippen molar-refractivity contribution in [1.29, 1.82) is 0 Å². The molecule has 0 bridgehead atoms. The summed E-state index contributed by atoms with van der Waals surface area (Å²) in [5.74, 6) is 0.926. The molecular weight excluding hydrogens is 278 g/mol. The molecule has 1 heterocycles. The van der Waals surface area contributed by atoms with Crippen molar-refractivity contribution in [3.63, 3.8) is 0 Å². The minimum Gasteiger partial charge on any atom is -0.496 e. The van der Waals surface area contributed by atoms with E-state index in [1.54, 1.807) is 18.4 Å². The number of aryl methyl sites for hydroxylation is 1. The first-order valence-corrected chi connectivity index (χ1v) is 7.41. The first-order valence-electron chi connectivity index (χ1n) is 6.22. The van der Waals surface area contributed by atoms with E-state index in [0.717, 1.165) is 16.6 Å². The molecule has 2 aromatic rings. The lowest BCUT2D eigenvalue weighted by atomic mass is 10.0. The molecule has 2 rings (SSSR count). The Hall–Kier alpha value is -1.03. The molecule has 19 heavy (non-hydrogen) atoms. The Bertz CT molecular complexity index is 553. The molecule has 1 unspecified atom stereocenters. The van der Waals surface area contributed by atoms with E-state index >= 15 is 0 Å². The second-order valence-corrected chi connectivity index (χ2v) is 6.35. The third-order valence-electron chi connectivity index (χ3n) is 3.06. The smallest absolute Gasteiger partial charge is 0.123 e. The lowest BCUT2D eigenvalue weighted by Crippen LogP contribution is -2.18. The number of thiophene rings is 1. The van der Waals surface area contributed by atoms with Crippen LogP contribution in [0.25, 0.3) is 0 Å². The number of ether oxygens (including phenoxy) is 1. The van der Waals surface area contributed by atoms with Crippen LogP contribution >= 0.6 is 22.9 Å². The second kappa shape index (κ2) is 6.42. The summed E-state index contributed by atoms with van der Waals surface area (Å²) in [4.78, 5) is 1.24. The van der Waals surface area contributed by atoms with Crippen molar-refractivity contribution < 1.29 is 4.74 Å². The SMILES string of the molecule is COc1ccc(C)cc1C(C)NCc1ccc(Cl)s1. The normalized spacial score (nSPS) is 12.4. The van der Waals surface area contributed by atoms with E-state index in [9.17, 15) is 0 Å². The molecule has 1 N–H and O–H groups in total. The molecule has 1 aromatic carbocycles. The first kappa shape index (κ1) is 14.4. The lowest BCUT2D eigenvalue weighted by Gasteiger charge is -2.17. The van der Waals surface area contributed by atoms with Gasteiger partial charge in [0.25, 0.3) is 0 Å². The quantitative estimate of drug-likeness (QED) is 0.872. The molecule has 0 fully saturated rings. The molecule has 0 saturated carbocycles. The van der Waals surface area contributed by atoms with Gasteiger partial charge in [0, 0.05) is 23.0 Å². The molecule has 1 aromatic heterocycles. The van der Waals surface area contributed by atoms with Crippen molar-refractivity contribution in [2.45, 2.75) is 26.4 Å². The van der Waals surface area contributed by atoms with E-state index in [1.165, 1.54) is 16.0 Å². The van der Waals surface area contributed by atoms with Gasteiger partial charge in [0.05, 0.1) is 11.4 Å². The van der Waals surface area contributed by atoms with Crippen molar-refractivity contribution in [2.24, 2.45) is 0 Å². The van der Waals surface area contributed by atoms with Gasteiger partial charge in [-0.05, 0) is 32.0 Å². The van der Waals surface area contributed by atoms with Crippen LogP contribution in [0.4, 0.5) is 0 Å². The summed E-state index contributed by atoms with van der Waals surface area (Å²) < 4.78 is 6.25. The van der Waals surface area contributed by atoms with Gasteiger partial charge in [0.2, 0.25) is 0 Å². The fourth-order valence-electron chi connectivity index (χ4n) is 2.00. The molecule has 0 spiro atoms. The monoisotopic (exact) mass is 295 g/mol. The van der Waals surface area contributed by atoms with E-state index in [4.69, 9.17) is 16.3 Å². The van der Waals surface area contributed by atoms with Gasteiger partial charge in [0.1, 0.15) is 5.75 Å². The van der Waals surface area contributed by atoms with Crippen LogP contribution in [0.5, 0.6) is 5.75 Å². The van der Waals surface area contributed by atoms with Gasteiger partial charge < -0.3 is 10.1 Å². The van der Waals surface area contributed by atoms with Gasteiger partial charge >= 0.3 is 0 Å².